The Kier molecular flexibility index (Phi) is 4.28. The van der Waals surface area contributed by atoms with Crippen LogP contribution in [-0.4, -0.2) is 20.9 Å². The molecule has 0 atom stereocenters. The third-order valence-electron chi connectivity index (χ3n) is 3.90. The van der Waals surface area contributed by atoms with Gasteiger partial charge in [-0.05, 0) is 36.8 Å². The first-order chi connectivity index (χ1) is 9.68. The minimum Gasteiger partial charge on any atom is -0.351 e. The van der Waals surface area contributed by atoms with E-state index in [0.29, 0.717) is 6.54 Å². The number of nitrogens with two attached hydrogens (primary N) is 1. The molecule has 1 aliphatic carbocycles. The highest BCUT2D eigenvalue weighted by Gasteiger charge is 2.40. The predicted molar refractivity (Wildman–Crippen MR) is 77.1 cm³/mol. The van der Waals surface area contributed by atoms with Crippen LogP contribution < -0.4 is 10.5 Å². The van der Waals surface area contributed by atoms with Gasteiger partial charge in [0.15, 0.2) is 0 Å². The van der Waals surface area contributed by atoms with Gasteiger partial charge in [-0.1, -0.05) is 18.5 Å². The summed E-state index contributed by atoms with van der Waals surface area (Å²) in [6.07, 6.45) is 3.04. The van der Waals surface area contributed by atoms with Gasteiger partial charge in [0.05, 0.1) is 10.6 Å². The van der Waals surface area contributed by atoms with Crippen molar-refractivity contribution in [1.82, 2.24) is 5.32 Å². The van der Waals surface area contributed by atoms with Gasteiger partial charge in [0.25, 0.3) is 5.91 Å². The summed E-state index contributed by atoms with van der Waals surface area (Å²) < 4.78 is 36.1. The van der Waals surface area contributed by atoms with Crippen LogP contribution in [0.3, 0.4) is 0 Å². The number of benzene rings is 1. The average molecular weight is 335 g/mol. The quantitative estimate of drug-likeness (QED) is 0.863. The van der Waals surface area contributed by atoms with E-state index in [0.717, 1.165) is 31.4 Å². The molecule has 1 fully saturated rings. The zero-order valence-corrected chi connectivity index (χ0v) is 13.0. The lowest BCUT2D eigenvalue weighted by Gasteiger charge is -2.14. The van der Waals surface area contributed by atoms with Crippen molar-refractivity contribution >= 4 is 27.5 Å². The van der Waals surface area contributed by atoms with Crippen molar-refractivity contribution in [2.24, 2.45) is 10.6 Å². The number of halogens is 2. The largest absolute Gasteiger partial charge is 0.351 e. The number of rotatable bonds is 5. The zero-order valence-electron chi connectivity index (χ0n) is 11.4. The number of amides is 1. The lowest BCUT2D eigenvalue weighted by Crippen LogP contribution is -2.30. The van der Waals surface area contributed by atoms with E-state index in [1.165, 1.54) is 0 Å². The molecular weight excluding hydrogens is 319 g/mol. The summed E-state index contributed by atoms with van der Waals surface area (Å²) in [6.45, 7) is 2.53. The molecular formula is C13H16ClFN2O3S. The summed E-state index contributed by atoms with van der Waals surface area (Å²) in [4.78, 5) is 11.4. The summed E-state index contributed by atoms with van der Waals surface area (Å²) in [7, 11) is -4.26. The molecule has 3 N–H and O–H groups in total. The van der Waals surface area contributed by atoms with Crippen LogP contribution in [0.4, 0.5) is 4.39 Å². The van der Waals surface area contributed by atoms with Crippen LogP contribution in [-0.2, 0) is 10.0 Å². The Hall–Kier alpha value is -1.18. The van der Waals surface area contributed by atoms with E-state index in [1.807, 2.05) is 6.92 Å². The predicted octanol–water partition coefficient (Wildman–Crippen LogP) is 2.05. The smallest absolute Gasteiger partial charge is 0.252 e. The Morgan fingerprint density at radius 2 is 2.10 bits per heavy atom. The summed E-state index contributed by atoms with van der Waals surface area (Å²) in [5.74, 6) is -1.61. The summed E-state index contributed by atoms with van der Waals surface area (Å²) >= 11 is 5.81. The van der Waals surface area contributed by atoms with Gasteiger partial charge in [0, 0.05) is 6.54 Å². The molecule has 8 heteroatoms. The minimum absolute atomic E-state index is 0.103. The first-order valence-corrected chi connectivity index (χ1v) is 8.41. The SMILES string of the molecule is CCC1(CNC(=O)c2cc(S(N)(=O)=O)c(F)cc2Cl)CC1. The molecule has 0 aromatic heterocycles. The van der Waals surface area contributed by atoms with Gasteiger partial charge in [-0.2, -0.15) is 0 Å². The topological polar surface area (TPSA) is 89.3 Å². The highest BCUT2D eigenvalue weighted by molar-refractivity contribution is 7.89. The van der Waals surface area contributed by atoms with E-state index in [9.17, 15) is 17.6 Å². The van der Waals surface area contributed by atoms with E-state index in [2.05, 4.69) is 5.32 Å². The third kappa shape index (κ3) is 3.53. The normalized spacial score (nSPS) is 16.6. The molecule has 1 aromatic carbocycles. The van der Waals surface area contributed by atoms with Crippen LogP contribution in [0.2, 0.25) is 5.02 Å². The van der Waals surface area contributed by atoms with Crippen LogP contribution >= 0.6 is 11.6 Å². The molecule has 5 nitrogen and oxygen atoms in total. The molecule has 0 radical (unpaired) electrons. The van der Waals surface area contributed by atoms with E-state index in [4.69, 9.17) is 16.7 Å². The molecule has 1 aromatic rings. The molecule has 116 valence electrons. The molecule has 0 heterocycles. The van der Waals surface area contributed by atoms with Gasteiger partial charge in [0.1, 0.15) is 10.7 Å². The monoisotopic (exact) mass is 334 g/mol. The van der Waals surface area contributed by atoms with Crippen LogP contribution in [0.15, 0.2) is 17.0 Å². The molecule has 2 rings (SSSR count). The highest BCUT2D eigenvalue weighted by atomic mass is 35.5. The van der Waals surface area contributed by atoms with Crippen LogP contribution in [0.5, 0.6) is 0 Å². The number of carbonyl (C=O) groups excluding carboxylic acids is 1. The van der Waals surface area contributed by atoms with Crippen LogP contribution in [0, 0.1) is 11.2 Å². The number of hydrogen-bond donors (Lipinski definition) is 2. The van der Waals surface area contributed by atoms with Crippen LogP contribution in [0.25, 0.3) is 0 Å². The van der Waals surface area contributed by atoms with Gasteiger partial charge in [0.2, 0.25) is 10.0 Å². The molecule has 1 saturated carbocycles. The summed E-state index contributed by atoms with van der Waals surface area (Å²) in [6, 6.07) is 1.65. The molecule has 0 unspecified atom stereocenters. The van der Waals surface area contributed by atoms with E-state index < -0.39 is 26.6 Å². The fraction of sp³-hybridized carbons (Fsp3) is 0.462. The van der Waals surface area contributed by atoms with Gasteiger partial charge in [-0.3, -0.25) is 4.79 Å². The van der Waals surface area contributed by atoms with Gasteiger partial charge < -0.3 is 5.32 Å². The first kappa shape index (κ1) is 16.2. The highest BCUT2D eigenvalue weighted by Crippen LogP contribution is 2.47. The maximum atomic E-state index is 13.6. The fourth-order valence-electron chi connectivity index (χ4n) is 2.12. The second kappa shape index (κ2) is 5.55. The number of carbonyl (C=O) groups is 1. The minimum atomic E-state index is -4.26. The molecule has 1 amide bonds. The van der Waals surface area contributed by atoms with Crippen LogP contribution in [0.1, 0.15) is 36.5 Å². The van der Waals surface area contributed by atoms with Crippen molar-refractivity contribution in [3.05, 3.63) is 28.5 Å². The maximum Gasteiger partial charge on any atom is 0.252 e. The Balaban J connectivity index is 2.24. The van der Waals surface area contributed by atoms with Crippen molar-refractivity contribution in [3.63, 3.8) is 0 Å². The first-order valence-electron chi connectivity index (χ1n) is 6.48. The lowest BCUT2D eigenvalue weighted by molar-refractivity contribution is 0.0944. The second-order valence-corrected chi connectivity index (χ2v) is 7.28. The Morgan fingerprint density at radius 1 is 1.48 bits per heavy atom. The molecule has 0 spiro atoms. The van der Waals surface area contributed by atoms with Gasteiger partial charge >= 0.3 is 0 Å². The zero-order chi connectivity index (χ0) is 15.8. The summed E-state index contributed by atoms with van der Waals surface area (Å²) in [5, 5.41) is 7.47. The van der Waals surface area contributed by atoms with Gasteiger partial charge in [-0.15, -0.1) is 0 Å². The second-order valence-electron chi connectivity index (χ2n) is 5.34. The molecule has 1 aliphatic rings. The summed E-state index contributed by atoms with van der Waals surface area (Å²) in [5.41, 5.74) is 0.0271. The van der Waals surface area contributed by atoms with Gasteiger partial charge in [-0.25, -0.2) is 17.9 Å². The molecule has 21 heavy (non-hydrogen) atoms. The van der Waals surface area contributed by atoms with Crippen molar-refractivity contribution in [2.45, 2.75) is 31.1 Å². The lowest BCUT2D eigenvalue weighted by atomic mass is 10.0. The average Bonchev–Trinajstić information content (AvgIpc) is 3.15. The maximum absolute atomic E-state index is 13.6. The van der Waals surface area contributed by atoms with E-state index >= 15 is 0 Å². The molecule has 0 aliphatic heterocycles. The Morgan fingerprint density at radius 3 is 2.57 bits per heavy atom. The molecule has 0 saturated heterocycles. The number of hydrogen-bond acceptors (Lipinski definition) is 3. The van der Waals surface area contributed by atoms with E-state index in [1.54, 1.807) is 0 Å². The standard InChI is InChI=1S/C13H16ClFN2O3S/c1-2-13(3-4-13)7-17-12(18)8-5-11(21(16,19)20)10(15)6-9(8)14/h5-6H,2-4,7H2,1H3,(H,17,18)(H2,16,19,20). The van der Waals surface area contributed by atoms with E-state index in [-0.39, 0.29) is 16.0 Å². The number of nitrogens with one attached hydrogen (secondary N) is 1. The Bertz CT molecular complexity index is 687. The van der Waals surface area contributed by atoms with Crippen molar-refractivity contribution in [3.8, 4) is 0 Å². The number of sulfonamides is 1. The number of primary sulfonamides is 1. The Labute approximate surface area is 127 Å². The van der Waals surface area contributed by atoms with Crippen molar-refractivity contribution in [1.29, 1.82) is 0 Å². The fourth-order valence-corrected chi connectivity index (χ4v) is 2.97. The van der Waals surface area contributed by atoms with Crippen molar-refractivity contribution in [2.75, 3.05) is 6.54 Å². The molecule has 0 bridgehead atoms. The third-order valence-corrected chi connectivity index (χ3v) is 5.14. The van der Waals surface area contributed by atoms with Crippen molar-refractivity contribution < 1.29 is 17.6 Å².